The van der Waals surface area contributed by atoms with Gasteiger partial charge in [-0.25, -0.2) is 9.36 Å². The van der Waals surface area contributed by atoms with E-state index in [1.807, 2.05) is 0 Å². The lowest BCUT2D eigenvalue weighted by molar-refractivity contribution is -0.137. The molecule has 0 aliphatic heterocycles. The lowest BCUT2D eigenvalue weighted by Crippen LogP contribution is -2.12. The second-order valence-corrected chi connectivity index (χ2v) is 7.19. The van der Waals surface area contributed by atoms with E-state index in [1.165, 1.54) is 25.7 Å². The molecule has 6 nitrogen and oxygen atoms in total. The first-order valence-electron chi connectivity index (χ1n) is 8.92. The molecule has 1 unspecified atom stereocenters. The van der Waals surface area contributed by atoms with Gasteiger partial charge in [-0.05, 0) is 25.7 Å². The van der Waals surface area contributed by atoms with Crippen LogP contribution in [0.3, 0.4) is 0 Å². The van der Waals surface area contributed by atoms with Gasteiger partial charge in [0.25, 0.3) is 0 Å². The van der Waals surface area contributed by atoms with Gasteiger partial charge < -0.3 is 14.5 Å². The van der Waals surface area contributed by atoms with Gasteiger partial charge in [-0.3, -0.25) is 4.52 Å². The third-order valence-electron chi connectivity index (χ3n) is 3.75. The lowest BCUT2D eigenvalue weighted by Gasteiger charge is -2.18. The van der Waals surface area contributed by atoms with Gasteiger partial charge in [-0.15, -0.1) is 0 Å². The van der Waals surface area contributed by atoms with Crippen LogP contribution in [0.15, 0.2) is 12.7 Å². The Morgan fingerprint density at radius 1 is 1.04 bits per heavy atom. The first-order chi connectivity index (χ1) is 11.4. The Bertz CT molecular complexity index is 379. The molecule has 24 heavy (non-hydrogen) atoms. The highest BCUT2D eigenvalue weighted by Crippen LogP contribution is 2.39. The van der Waals surface area contributed by atoms with E-state index in [0.717, 1.165) is 25.3 Å². The van der Waals surface area contributed by atoms with Crippen LogP contribution in [0.4, 0.5) is 0 Å². The largest absolute Gasteiger partial charge is 0.469 e. The summed E-state index contributed by atoms with van der Waals surface area (Å²) in [5.74, 6) is -0.457. The van der Waals surface area contributed by atoms with Crippen molar-refractivity contribution in [2.24, 2.45) is 0 Å². The first-order valence-corrected chi connectivity index (χ1v) is 10.4. The van der Waals surface area contributed by atoms with Crippen molar-refractivity contribution in [3.8, 4) is 0 Å². The molecule has 142 valence electrons. The Hall–Kier alpha value is -0.680. The number of esters is 1. The van der Waals surface area contributed by atoms with Crippen LogP contribution in [-0.2, 0) is 18.6 Å². The minimum absolute atomic E-state index is 0.283. The van der Waals surface area contributed by atoms with Gasteiger partial charge in [0, 0.05) is 6.08 Å². The predicted molar refractivity (Wildman–Crippen MR) is 94.5 cm³/mol. The fraction of sp³-hybridized carbons (Fsp3) is 0.824. The van der Waals surface area contributed by atoms with Crippen LogP contribution >= 0.6 is 7.82 Å². The smallest absolute Gasteiger partial charge is 0.463 e. The summed E-state index contributed by atoms with van der Waals surface area (Å²) in [6.07, 6.45) is 11.2. The van der Waals surface area contributed by atoms with Crippen molar-refractivity contribution in [1.82, 2.24) is 0 Å². The maximum atomic E-state index is 11.1. The topological polar surface area (TPSA) is 93.1 Å². The van der Waals surface area contributed by atoms with E-state index in [4.69, 9.17) is 19.0 Å². The van der Waals surface area contributed by atoms with Crippen molar-refractivity contribution in [1.29, 1.82) is 0 Å². The molecule has 0 aromatic heterocycles. The zero-order valence-electron chi connectivity index (χ0n) is 14.8. The Labute approximate surface area is 145 Å². The summed E-state index contributed by atoms with van der Waals surface area (Å²) in [6.45, 7) is 5.78. The van der Waals surface area contributed by atoms with Gasteiger partial charge in [0.15, 0.2) is 0 Å². The minimum atomic E-state index is -4.47. The summed E-state index contributed by atoms with van der Waals surface area (Å²) in [5.41, 5.74) is 0. The van der Waals surface area contributed by atoms with Crippen LogP contribution in [0.2, 0.25) is 0 Å². The molecule has 0 saturated heterocycles. The van der Waals surface area contributed by atoms with Crippen molar-refractivity contribution < 1.29 is 28.4 Å². The van der Waals surface area contributed by atoms with Gasteiger partial charge in [0.1, 0.15) is 0 Å². The number of carbonyl (C=O) groups is 1. The van der Waals surface area contributed by atoms with Gasteiger partial charge in [-0.2, -0.15) is 0 Å². The van der Waals surface area contributed by atoms with Crippen molar-refractivity contribution in [3.63, 3.8) is 0 Å². The molecule has 0 aliphatic rings. The summed E-state index contributed by atoms with van der Waals surface area (Å²) < 4.78 is 20.8. The zero-order valence-corrected chi connectivity index (χ0v) is 15.7. The molecule has 0 spiro atoms. The van der Waals surface area contributed by atoms with E-state index in [2.05, 4.69) is 13.5 Å². The average Bonchev–Trinajstić information content (AvgIpc) is 2.51. The third-order valence-corrected chi connectivity index (χ3v) is 4.32. The molecule has 0 amide bonds. The van der Waals surface area contributed by atoms with Gasteiger partial charge in [0.05, 0.1) is 12.7 Å². The Kier molecular flexibility index (Phi) is 14.2. The number of rotatable bonds is 16. The van der Waals surface area contributed by atoms with E-state index < -0.39 is 19.9 Å². The molecule has 0 aliphatic carbocycles. The first kappa shape index (κ1) is 23.3. The number of phosphoric acid groups is 1. The number of ether oxygens (including phenoxy) is 1. The Morgan fingerprint density at radius 3 is 2.12 bits per heavy atom. The quantitative estimate of drug-likeness (QED) is 0.181. The number of carbonyl (C=O) groups excluding carboxylic acids is 1. The maximum absolute atomic E-state index is 11.1. The summed E-state index contributed by atoms with van der Waals surface area (Å²) in [4.78, 5) is 28.9. The Balaban J connectivity index is 3.91. The van der Waals surface area contributed by atoms with Crippen LogP contribution in [0.25, 0.3) is 0 Å². The van der Waals surface area contributed by atoms with Gasteiger partial charge in [-0.1, -0.05) is 58.4 Å². The number of phosphoric ester groups is 1. The molecule has 0 bridgehead atoms. The highest BCUT2D eigenvalue weighted by molar-refractivity contribution is 7.46. The number of unbranched alkanes of at least 4 members (excludes halogenated alkanes) is 7. The molecule has 0 rings (SSSR count). The molecule has 0 fully saturated rings. The van der Waals surface area contributed by atoms with Gasteiger partial charge in [0.2, 0.25) is 0 Å². The predicted octanol–water partition coefficient (Wildman–Crippen LogP) is 4.50. The molecule has 1 atom stereocenters. The molecular weight excluding hydrogens is 331 g/mol. The van der Waals surface area contributed by atoms with Crippen LogP contribution in [0.1, 0.15) is 77.6 Å². The fourth-order valence-corrected chi connectivity index (χ4v) is 3.08. The highest BCUT2D eigenvalue weighted by atomic mass is 31.2. The van der Waals surface area contributed by atoms with Crippen molar-refractivity contribution >= 4 is 13.8 Å². The van der Waals surface area contributed by atoms with Gasteiger partial charge >= 0.3 is 13.8 Å². The van der Waals surface area contributed by atoms with E-state index in [0.29, 0.717) is 25.7 Å². The molecular formula is C17H33O6P. The molecule has 0 heterocycles. The monoisotopic (exact) mass is 364 g/mol. The van der Waals surface area contributed by atoms with Crippen LogP contribution < -0.4 is 0 Å². The average molecular weight is 364 g/mol. The molecule has 7 heteroatoms. The SMILES string of the molecule is C=CC(=O)OCCCCC(CCCCCCCCC)OP(=O)(O)O. The molecule has 2 N–H and O–H groups in total. The van der Waals surface area contributed by atoms with Crippen molar-refractivity contribution in [2.45, 2.75) is 83.7 Å². The molecule has 0 saturated carbocycles. The normalized spacial score (nSPS) is 12.8. The second kappa shape index (κ2) is 14.6. The second-order valence-electron chi connectivity index (χ2n) is 6.00. The van der Waals surface area contributed by atoms with Crippen LogP contribution in [-0.4, -0.2) is 28.5 Å². The van der Waals surface area contributed by atoms with E-state index in [1.54, 1.807) is 0 Å². The summed E-state index contributed by atoms with van der Waals surface area (Å²) in [7, 11) is -4.47. The van der Waals surface area contributed by atoms with E-state index >= 15 is 0 Å². The number of hydrogen-bond donors (Lipinski definition) is 2. The summed E-state index contributed by atoms with van der Waals surface area (Å²) in [5, 5.41) is 0. The summed E-state index contributed by atoms with van der Waals surface area (Å²) >= 11 is 0. The van der Waals surface area contributed by atoms with Crippen LogP contribution in [0, 0.1) is 0 Å². The molecule has 0 aromatic carbocycles. The summed E-state index contributed by atoms with van der Waals surface area (Å²) in [6, 6.07) is 0. The van der Waals surface area contributed by atoms with E-state index in [9.17, 15) is 9.36 Å². The standard InChI is InChI=1S/C17H33O6P/c1-3-5-6-7-8-9-10-13-16(23-24(19,20)21)14-11-12-15-22-17(18)4-2/h4,16H,2-3,5-15H2,1H3,(H2,19,20,21). The van der Waals surface area contributed by atoms with E-state index in [-0.39, 0.29) is 6.61 Å². The zero-order chi connectivity index (χ0) is 18.3. The highest BCUT2D eigenvalue weighted by Gasteiger charge is 2.21. The maximum Gasteiger partial charge on any atom is 0.469 e. The van der Waals surface area contributed by atoms with Crippen LogP contribution in [0.5, 0.6) is 0 Å². The van der Waals surface area contributed by atoms with Crippen molar-refractivity contribution in [2.75, 3.05) is 6.61 Å². The number of hydrogen-bond acceptors (Lipinski definition) is 4. The minimum Gasteiger partial charge on any atom is -0.463 e. The third kappa shape index (κ3) is 16.2. The fourth-order valence-electron chi connectivity index (χ4n) is 2.48. The molecule has 0 radical (unpaired) electrons. The van der Waals surface area contributed by atoms with Crippen molar-refractivity contribution in [3.05, 3.63) is 12.7 Å². The lowest BCUT2D eigenvalue weighted by atomic mass is 10.0. The molecule has 0 aromatic rings. The Morgan fingerprint density at radius 2 is 1.58 bits per heavy atom.